The lowest BCUT2D eigenvalue weighted by Gasteiger charge is -2.05. The molecule has 0 radical (unpaired) electrons. The second kappa shape index (κ2) is 6.00. The predicted octanol–water partition coefficient (Wildman–Crippen LogP) is 3.81. The molecule has 0 spiro atoms. The Morgan fingerprint density at radius 2 is 1.91 bits per heavy atom. The van der Waals surface area contributed by atoms with Crippen molar-refractivity contribution in [2.75, 3.05) is 5.32 Å². The number of nitrogens with zero attached hydrogens (tertiary/aromatic N) is 2. The molecule has 2 aromatic heterocycles. The van der Waals surface area contributed by atoms with Gasteiger partial charge in [0.1, 0.15) is 11.5 Å². The molecule has 6 heteroatoms. The van der Waals surface area contributed by atoms with Gasteiger partial charge < -0.3 is 4.52 Å². The fourth-order valence-electron chi connectivity index (χ4n) is 2.31. The van der Waals surface area contributed by atoms with E-state index in [0.717, 1.165) is 5.56 Å². The van der Waals surface area contributed by atoms with E-state index in [9.17, 15) is 9.18 Å². The zero-order valence-electron chi connectivity index (χ0n) is 12.6. The number of benzene rings is 1. The van der Waals surface area contributed by atoms with Crippen molar-refractivity contribution >= 4 is 11.8 Å². The lowest BCUT2D eigenvalue weighted by Crippen LogP contribution is -2.05. The molecule has 116 valence electrons. The molecule has 0 aliphatic heterocycles. The summed E-state index contributed by atoms with van der Waals surface area (Å²) in [4.78, 5) is 15.4. The van der Waals surface area contributed by atoms with Crippen molar-refractivity contribution in [1.82, 2.24) is 10.1 Å². The maximum absolute atomic E-state index is 13.5. The normalized spacial score (nSPS) is 10.6. The van der Waals surface area contributed by atoms with Gasteiger partial charge in [0.05, 0.1) is 5.56 Å². The van der Waals surface area contributed by atoms with Crippen LogP contribution in [0.5, 0.6) is 0 Å². The number of amides is 1. The van der Waals surface area contributed by atoms with E-state index in [1.54, 1.807) is 43.6 Å². The summed E-state index contributed by atoms with van der Waals surface area (Å²) in [7, 11) is 0. The van der Waals surface area contributed by atoms with Crippen molar-refractivity contribution in [2.45, 2.75) is 13.8 Å². The Morgan fingerprint density at radius 3 is 2.57 bits per heavy atom. The number of rotatable bonds is 3. The first-order chi connectivity index (χ1) is 11.1. The highest BCUT2D eigenvalue weighted by molar-refractivity contribution is 5.96. The number of aromatic nitrogens is 2. The Bertz CT molecular complexity index is 860. The summed E-state index contributed by atoms with van der Waals surface area (Å²) in [5, 5.41) is 6.68. The zero-order valence-corrected chi connectivity index (χ0v) is 12.6. The molecule has 0 aliphatic rings. The van der Waals surface area contributed by atoms with Crippen molar-refractivity contribution in [2.24, 2.45) is 0 Å². The third-order valence-electron chi connectivity index (χ3n) is 3.38. The minimum atomic E-state index is -0.287. The van der Waals surface area contributed by atoms with Crippen molar-refractivity contribution in [3.05, 3.63) is 54.1 Å². The molecule has 0 atom stereocenters. The quantitative estimate of drug-likeness (QED) is 0.798. The summed E-state index contributed by atoms with van der Waals surface area (Å²) in [6.07, 6.45) is 3.28. The van der Waals surface area contributed by atoms with Crippen molar-refractivity contribution in [1.29, 1.82) is 0 Å². The molecule has 0 saturated heterocycles. The van der Waals surface area contributed by atoms with E-state index < -0.39 is 0 Å². The van der Waals surface area contributed by atoms with E-state index in [1.165, 1.54) is 13.0 Å². The van der Waals surface area contributed by atoms with E-state index in [-0.39, 0.29) is 17.6 Å². The van der Waals surface area contributed by atoms with E-state index in [0.29, 0.717) is 22.4 Å². The van der Waals surface area contributed by atoms with Crippen LogP contribution in [0.3, 0.4) is 0 Å². The van der Waals surface area contributed by atoms with Crippen LogP contribution >= 0.6 is 0 Å². The van der Waals surface area contributed by atoms with E-state index in [1.807, 2.05) is 0 Å². The molecule has 1 N–H and O–H groups in total. The molecular weight excluding hydrogens is 297 g/mol. The van der Waals surface area contributed by atoms with Crippen LogP contribution in [0.2, 0.25) is 0 Å². The molecule has 0 fully saturated rings. The molecule has 23 heavy (non-hydrogen) atoms. The van der Waals surface area contributed by atoms with Gasteiger partial charge in [-0.05, 0) is 48.4 Å². The number of halogens is 1. The second-order valence-corrected chi connectivity index (χ2v) is 5.12. The highest BCUT2D eigenvalue weighted by atomic mass is 19.1. The van der Waals surface area contributed by atoms with Crippen LogP contribution in [-0.4, -0.2) is 16.0 Å². The van der Waals surface area contributed by atoms with Crippen LogP contribution in [-0.2, 0) is 4.79 Å². The van der Waals surface area contributed by atoms with Crippen molar-refractivity contribution < 1.29 is 13.7 Å². The number of hydrogen-bond donors (Lipinski definition) is 1. The Morgan fingerprint density at radius 1 is 1.17 bits per heavy atom. The molecule has 0 aliphatic carbocycles. The zero-order chi connectivity index (χ0) is 16.4. The van der Waals surface area contributed by atoms with Crippen molar-refractivity contribution in [3.8, 4) is 22.4 Å². The van der Waals surface area contributed by atoms with Crippen LogP contribution in [0, 0.1) is 12.7 Å². The minimum absolute atomic E-state index is 0.251. The van der Waals surface area contributed by atoms with Crippen LogP contribution in [0.25, 0.3) is 22.4 Å². The van der Waals surface area contributed by atoms with Gasteiger partial charge in [0, 0.05) is 24.9 Å². The second-order valence-electron chi connectivity index (χ2n) is 5.12. The number of aryl methyl sites for hydroxylation is 1. The fraction of sp³-hybridized carbons (Fsp3) is 0.118. The Balaban J connectivity index is 2.19. The van der Waals surface area contributed by atoms with Crippen LogP contribution in [0.15, 0.2) is 47.2 Å². The number of carbonyl (C=O) groups is 1. The molecule has 3 rings (SSSR count). The van der Waals surface area contributed by atoms with Gasteiger partial charge in [-0.15, -0.1) is 0 Å². The predicted molar refractivity (Wildman–Crippen MR) is 84.2 cm³/mol. The number of carbonyl (C=O) groups excluding carboxylic acids is 1. The number of hydrogen-bond acceptors (Lipinski definition) is 4. The van der Waals surface area contributed by atoms with Gasteiger partial charge in [0.2, 0.25) is 11.8 Å². The number of nitrogens with one attached hydrogen (secondary N) is 1. The molecule has 1 amide bonds. The Hall–Kier alpha value is -3.02. The summed E-state index contributed by atoms with van der Waals surface area (Å²) >= 11 is 0. The van der Waals surface area contributed by atoms with Gasteiger partial charge in [-0.2, -0.15) is 0 Å². The number of pyridine rings is 1. The van der Waals surface area contributed by atoms with E-state index in [4.69, 9.17) is 4.52 Å². The molecule has 5 nitrogen and oxygen atoms in total. The van der Waals surface area contributed by atoms with Gasteiger partial charge >= 0.3 is 0 Å². The SMILES string of the molecule is CC(=O)Nc1onc(-c2ccc(F)c(C)c2)c1-c1ccncc1. The summed E-state index contributed by atoms with van der Waals surface area (Å²) in [6.45, 7) is 3.07. The molecule has 0 unspecified atom stereocenters. The lowest BCUT2D eigenvalue weighted by molar-refractivity contribution is -0.114. The highest BCUT2D eigenvalue weighted by Gasteiger charge is 2.20. The smallest absolute Gasteiger partial charge is 0.239 e. The molecule has 1 aromatic carbocycles. The van der Waals surface area contributed by atoms with Gasteiger partial charge in [-0.1, -0.05) is 5.16 Å². The average molecular weight is 311 g/mol. The molecule has 2 heterocycles. The highest BCUT2D eigenvalue weighted by Crippen LogP contribution is 2.37. The Labute approximate surface area is 132 Å². The van der Waals surface area contributed by atoms with Crippen LogP contribution in [0.1, 0.15) is 12.5 Å². The average Bonchev–Trinajstić information content (AvgIpc) is 2.93. The summed E-state index contributed by atoms with van der Waals surface area (Å²) in [5.74, 6) is -0.302. The molecular formula is C17H14FN3O2. The Kier molecular flexibility index (Phi) is 3.89. The van der Waals surface area contributed by atoms with Crippen LogP contribution < -0.4 is 5.32 Å². The maximum Gasteiger partial charge on any atom is 0.239 e. The molecule has 0 bridgehead atoms. The first kappa shape index (κ1) is 14.9. The number of anilines is 1. The largest absolute Gasteiger partial charge is 0.337 e. The van der Waals surface area contributed by atoms with Gasteiger partial charge in [-0.3, -0.25) is 15.1 Å². The minimum Gasteiger partial charge on any atom is -0.337 e. The maximum atomic E-state index is 13.5. The third-order valence-corrected chi connectivity index (χ3v) is 3.38. The topological polar surface area (TPSA) is 68.0 Å². The van der Waals surface area contributed by atoms with E-state index >= 15 is 0 Å². The van der Waals surface area contributed by atoms with Crippen LogP contribution in [0.4, 0.5) is 10.3 Å². The first-order valence-corrected chi connectivity index (χ1v) is 7.00. The van der Waals surface area contributed by atoms with Gasteiger partial charge in [0.25, 0.3) is 0 Å². The van der Waals surface area contributed by atoms with Gasteiger partial charge in [0.15, 0.2) is 0 Å². The lowest BCUT2D eigenvalue weighted by atomic mass is 10.0. The first-order valence-electron chi connectivity index (χ1n) is 7.00. The standard InChI is InChI=1S/C17H14FN3O2/c1-10-9-13(3-4-14(10)18)16-15(12-5-7-19-8-6-12)17(23-21-16)20-11(2)22/h3-9H,1-2H3,(H,20,22). The van der Waals surface area contributed by atoms with Gasteiger partial charge in [-0.25, -0.2) is 4.39 Å². The monoisotopic (exact) mass is 311 g/mol. The third kappa shape index (κ3) is 2.96. The summed E-state index contributed by atoms with van der Waals surface area (Å²) in [6, 6.07) is 8.28. The fourth-order valence-corrected chi connectivity index (χ4v) is 2.31. The molecule has 3 aromatic rings. The van der Waals surface area contributed by atoms with E-state index in [2.05, 4.69) is 15.5 Å². The van der Waals surface area contributed by atoms with Crippen molar-refractivity contribution in [3.63, 3.8) is 0 Å². The molecule has 0 saturated carbocycles. The summed E-state index contributed by atoms with van der Waals surface area (Å²) in [5.41, 5.74) is 3.17. The summed E-state index contributed by atoms with van der Waals surface area (Å²) < 4.78 is 18.8.